The van der Waals surface area contributed by atoms with Crippen molar-refractivity contribution in [1.82, 2.24) is 9.78 Å². The Morgan fingerprint density at radius 2 is 1.83 bits per heavy atom. The molecule has 0 unspecified atom stereocenters. The summed E-state index contributed by atoms with van der Waals surface area (Å²) in [5.74, 6) is -0.236. The van der Waals surface area contributed by atoms with Crippen molar-refractivity contribution in [2.75, 3.05) is 12.4 Å². The Morgan fingerprint density at radius 1 is 1.03 bits per heavy atom. The SMILES string of the molecule is COC(=O)c1ccccc1Cn1cc(NC(=O)c2cccc(COc3cccc(Cl)c3Cl)c2)cn1. The number of nitrogens with one attached hydrogen (secondary N) is 1. The summed E-state index contributed by atoms with van der Waals surface area (Å²) in [6, 6.07) is 19.4. The number of methoxy groups -OCH3 is 1. The van der Waals surface area contributed by atoms with Gasteiger partial charge in [0.05, 0.1) is 36.1 Å². The maximum atomic E-state index is 12.8. The lowest BCUT2D eigenvalue weighted by Crippen LogP contribution is -2.12. The van der Waals surface area contributed by atoms with E-state index in [1.54, 1.807) is 65.6 Å². The van der Waals surface area contributed by atoms with Gasteiger partial charge in [0, 0.05) is 11.8 Å². The number of carbonyl (C=O) groups is 2. The fourth-order valence-electron chi connectivity index (χ4n) is 3.42. The Labute approximate surface area is 212 Å². The molecule has 9 heteroatoms. The van der Waals surface area contributed by atoms with Crippen LogP contribution in [0, 0.1) is 0 Å². The smallest absolute Gasteiger partial charge is 0.338 e. The molecule has 0 aliphatic carbocycles. The first kappa shape index (κ1) is 24.3. The second-order valence-electron chi connectivity index (χ2n) is 7.57. The standard InChI is InChI=1S/C26H21Cl2N3O4/c1-34-26(33)21-9-3-2-7-19(21)14-31-15-20(13-29-31)30-25(32)18-8-4-6-17(12-18)16-35-23-11-5-10-22(27)24(23)28/h2-13,15H,14,16H2,1H3,(H,30,32). The van der Waals surface area contributed by atoms with Gasteiger partial charge in [0.15, 0.2) is 0 Å². The number of rotatable bonds is 8. The van der Waals surface area contributed by atoms with Gasteiger partial charge in [0.1, 0.15) is 17.4 Å². The number of hydrogen-bond donors (Lipinski definition) is 1. The molecule has 35 heavy (non-hydrogen) atoms. The molecular formula is C26H21Cl2N3O4. The molecule has 4 aromatic rings. The molecule has 3 aromatic carbocycles. The van der Waals surface area contributed by atoms with Crippen LogP contribution in [0.4, 0.5) is 5.69 Å². The van der Waals surface area contributed by atoms with Crippen molar-refractivity contribution in [1.29, 1.82) is 0 Å². The number of anilines is 1. The molecule has 1 N–H and O–H groups in total. The van der Waals surface area contributed by atoms with E-state index in [1.807, 2.05) is 18.2 Å². The van der Waals surface area contributed by atoms with Gasteiger partial charge in [-0.05, 0) is 41.5 Å². The molecule has 0 saturated heterocycles. The fourth-order valence-corrected chi connectivity index (χ4v) is 3.76. The van der Waals surface area contributed by atoms with Crippen LogP contribution in [0.2, 0.25) is 10.0 Å². The lowest BCUT2D eigenvalue weighted by molar-refractivity contribution is 0.0599. The molecule has 0 spiro atoms. The molecular weight excluding hydrogens is 489 g/mol. The van der Waals surface area contributed by atoms with Crippen LogP contribution in [0.1, 0.15) is 31.8 Å². The van der Waals surface area contributed by atoms with E-state index in [-0.39, 0.29) is 12.5 Å². The number of carbonyl (C=O) groups excluding carboxylic acids is 2. The summed E-state index contributed by atoms with van der Waals surface area (Å²) < 4.78 is 12.2. The van der Waals surface area contributed by atoms with Gasteiger partial charge in [0.2, 0.25) is 0 Å². The zero-order valence-electron chi connectivity index (χ0n) is 18.7. The summed E-state index contributed by atoms with van der Waals surface area (Å²) in [4.78, 5) is 24.8. The third-order valence-electron chi connectivity index (χ3n) is 5.15. The Bertz CT molecular complexity index is 1370. The Morgan fingerprint density at radius 3 is 2.66 bits per heavy atom. The number of halogens is 2. The van der Waals surface area contributed by atoms with E-state index in [4.69, 9.17) is 32.7 Å². The number of esters is 1. The van der Waals surface area contributed by atoms with Gasteiger partial charge in [-0.1, -0.05) is 59.6 Å². The summed E-state index contributed by atoms with van der Waals surface area (Å²) in [6.45, 7) is 0.568. The van der Waals surface area contributed by atoms with E-state index in [1.165, 1.54) is 7.11 Å². The van der Waals surface area contributed by atoms with E-state index in [9.17, 15) is 9.59 Å². The minimum absolute atomic E-state index is 0.221. The molecule has 1 amide bonds. The Hall–Kier alpha value is -3.81. The van der Waals surface area contributed by atoms with Gasteiger partial charge in [-0.2, -0.15) is 5.10 Å². The third-order valence-corrected chi connectivity index (χ3v) is 5.95. The minimum Gasteiger partial charge on any atom is -0.487 e. The quantitative estimate of drug-likeness (QED) is 0.301. The van der Waals surface area contributed by atoms with Crippen LogP contribution in [0.25, 0.3) is 0 Å². The van der Waals surface area contributed by atoms with Crippen LogP contribution in [0.3, 0.4) is 0 Å². The number of ether oxygens (including phenoxy) is 2. The molecule has 0 bridgehead atoms. The highest BCUT2D eigenvalue weighted by Crippen LogP contribution is 2.32. The second-order valence-corrected chi connectivity index (χ2v) is 8.36. The first-order valence-corrected chi connectivity index (χ1v) is 11.4. The lowest BCUT2D eigenvalue weighted by Gasteiger charge is -2.10. The van der Waals surface area contributed by atoms with Gasteiger partial charge in [0.25, 0.3) is 5.91 Å². The van der Waals surface area contributed by atoms with Crippen molar-refractivity contribution < 1.29 is 19.1 Å². The molecule has 178 valence electrons. The number of nitrogens with zero attached hydrogens (tertiary/aromatic N) is 2. The molecule has 0 atom stereocenters. The van der Waals surface area contributed by atoms with E-state index in [2.05, 4.69) is 10.4 Å². The Balaban J connectivity index is 1.40. The van der Waals surface area contributed by atoms with Gasteiger partial charge < -0.3 is 14.8 Å². The molecule has 0 aliphatic heterocycles. The lowest BCUT2D eigenvalue weighted by atomic mass is 10.1. The summed E-state index contributed by atoms with van der Waals surface area (Å²) >= 11 is 12.2. The van der Waals surface area contributed by atoms with Gasteiger partial charge in [-0.15, -0.1) is 0 Å². The first-order valence-electron chi connectivity index (χ1n) is 10.6. The van der Waals surface area contributed by atoms with Gasteiger partial charge >= 0.3 is 5.97 Å². The van der Waals surface area contributed by atoms with Crippen molar-refractivity contribution in [2.45, 2.75) is 13.2 Å². The second kappa shape index (κ2) is 11.1. The zero-order valence-corrected chi connectivity index (χ0v) is 20.2. The first-order chi connectivity index (χ1) is 16.9. The molecule has 0 radical (unpaired) electrons. The number of amides is 1. The minimum atomic E-state index is -0.414. The van der Waals surface area contributed by atoms with Crippen LogP contribution in [-0.2, 0) is 17.9 Å². The van der Waals surface area contributed by atoms with Crippen LogP contribution in [0.15, 0.2) is 79.1 Å². The molecule has 4 rings (SSSR count). The van der Waals surface area contributed by atoms with E-state index >= 15 is 0 Å². The number of hydrogen-bond acceptors (Lipinski definition) is 5. The maximum absolute atomic E-state index is 12.8. The number of aromatic nitrogens is 2. The predicted molar refractivity (Wildman–Crippen MR) is 134 cm³/mol. The molecule has 7 nitrogen and oxygen atoms in total. The summed E-state index contributed by atoms with van der Waals surface area (Å²) in [6.07, 6.45) is 3.24. The highest BCUT2D eigenvalue weighted by Gasteiger charge is 2.13. The summed E-state index contributed by atoms with van der Waals surface area (Å²) in [7, 11) is 1.34. The molecule has 0 aliphatic rings. The highest BCUT2D eigenvalue weighted by molar-refractivity contribution is 6.42. The van der Waals surface area contributed by atoms with Crippen LogP contribution in [-0.4, -0.2) is 28.8 Å². The topological polar surface area (TPSA) is 82.5 Å². The zero-order chi connectivity index (χ0) is 24.8. The predicted octanol–water partition coefficient (Wildman–Crippen LogP) is 5.86. The van der Waals surface area contributed by atoms with Crippen LogP contribution >= 0.6 is 23.2 Å². The van der Waals surface area contributed by atoms with E-state index < -0.39 is 5.97 Å². The van der Waals surface area contributed by atoms with Crippen molar-refractivity contribution in [3.63, 3.8) is 0 Å². The molecule has 0 fully saturated rings. The van der Waals surface area contributed by atoms with Crippen LogP contribution < -0.4 is 10.1 Å². The largest absolute Gasteiger partial charge is 0.487 e. The van der Waals surface area contributed by atoms with Crippen LogP contribution in [0.5, 0.6) is 5.75 Å². The normalized spacial score (nSPS) is 10.6. The van der Waals surface area contributed by atoms with Crippen molar-refractivity contribution >= 4 is 40.8 Å². The van der Waals surface area contributed by atoms with Gasteiger partial charge in [-0.25, -0.2) is 4.79 Å². The summed E-state index contributed by atoms with van der Waals surface area (Å²) in [5.41, 5.74) is 3.01. The summed E-state index contributed by atoms with van der Waals surface area (Å²) in [5, 5.41) is 7.88. The third kappa shape index (κ3) is 6.01. The van der Waals surface area contributed by atoms with E-state index in [0.717, 1.165) is 11.1 Å². The maximum Gasteiger partial charge on any atom is 0.338 e. The average molecular weight is 510 g/mol. The average Bonchev–Trinajstić information content (AvgIpc) is 3.31. The monoisotopic (exact) mass is 509 g/mol. The molecule has 0 saturated carbocycles. The highest BCUT2D eigenvalue weighted by atomic mass is 35.5. The van der Waals surface area contributed by atoms with Crippen molar-refractivity contribution in [3.05, 3.63) is 111 Å². The number of benzene rings is 3. The Kier molecular flexibility index (Phi) is 7.70. The van der Waals surface area contributed by atoms with Gasteiger partial charge in [-0.3, -0.25) is 9.48 Å². The van der Waals surface area contributed by atoms with Crippen molar-refractivity contribution in [2.24, 2.45) is 0 Å². The molecule has 1 heterocycles. The fraction of sp³-hybridized carbons (Fsp3) is 0.115. The van der Waals surface area contributed by atoms with Crippen molar-refractivity contribution in [3.8, 4) is 5.75 Å². The molecule has 1 aromatic heterocycles. The van der Waals surface area contributed by atoms with E-state index in [0.29, 0.717) is 39.2 Å².